The summed E-state index contributed by atoms with van der Waals surface area (Å²) in [5.41, 5.74) is 1.01. The number of esters is 1. The number of aliphatic hydroxyl groups is 1. The highest BCUT2D eigenvalue weighted by Gasteiger charge is 2.25. The zero-order valence-corrected chi connectivity index (χ0v) is 18.6. The molecular weight excluding hydrogens is 434 g/mol. The summed E-state index contributed by atoms with van der Waals surface area (Å²) < 4.78 is 16.0. The van der Waals surface area contributed by atoms with E-state index in [1.807, 2.05) is 6.92 Å². The summed E-state index contributed by atoms with van der Waals surface area (Å²) in [6, 6.07) is 15.2. The zero-order valence-electron chi connectivity index (χ0n) is 17.7. The molecule has 0 aromatic heterocycles. The molecule has 0 aliphatic rings. The highest BCUT2D eigenvalue weighted by atomic mass is 32.1. The van der Waals surface area contributed by atoms with Crippen LogP contribution in [0.2, 0.25) is 0 Å². The average molecular weight is 462 g/mol. The molecule has 2 rings (SSSR count). The van der Waals surface area contributed by atoms with Crippen molar-refractivity contribution < 1.29 is 33.7 Å². The summed E-state index contributed by atoms with van der Waals surface area (Å²) in [6.07, 6.45) is -1.17. The number of ether oxygens (including phenoxy) is 3. The molecule has 0 aliphatic carbocycles. The van der Waals surface area contributed by atoms with Crippen molar-refractivity contribution in [1.82, 2.24) is 5.32 Å². The number of amides is 2. The SMILES string of the molecule is C[C@@H](CCOC(=O)CS)[C@H](OC(=O)NC(=O)c1ccccc1)c1ccc(OCCO)cc1. The molecule has 2 amide bonds. The third-order valence-electron chi connectivity index (χ3n) is 4.54. The molecule has 0 radical (unpaired) electrons. The Morgan fingerprint density at radius 1 is 1.03 bits per heavy atom. The molecule has 2 atom stereocenters. The van der Waals surface area contributed by atoms with E-state index >= 15 is 0 Å². The summed E-state index contributed by atoms with van der Waals surface area (Å²) in [5.74, 6) is -0.703. The van der Waals surface area contributed by atoms with E-state index in [9.17, 15) is 14.4 Å². The van der Waals surface area contributed by atoms with Crippen LogP contribution in [0.15, 0.2) is 54.6 Å². The van der Waals surface area contributed by atoms with Gasteiger partial charge in [-0.15, -0.1) is 0 Å². The minimum absolute atomic E-state index is 0.0202. The second kappa shape index (κ2) is 13.4. The maximum Gasteiger partial charge on any atom is 0.414 e. The fraction of sp³-hybridized carbons (Fsp3) is 0.348. The Kier molecular flexibility index (Phi) is 10.6. The van der Waals surface area contributed by atoms with E-state index in [0.717, 1.165) is 0 Å². The van der Waals surface area contributed by atoms with Crippen molar-refractivity contribution in [2.75, 3.05) is 25.6 Å². The van der Waals surface area contributed by atoms with Gasteiger partial charge >= 0.3 is 12.1 Å². The van der Waals surface area contributed by atoms with Crippen LogP contribution in [-0.2, 0) is 14.3 Å². The van der Waals surface area contributed by atoms with E-state index in [-0.39, 0.29) is 31.5 Å². The fourth-order valence-electron chi connectivity index (χ4n) is 2.88. The van der Waals surface area contributed by atoms with Crippen molar-refractivity contribution in [3.05, 3.63) is 65.7 Å². The van der Waals surface area contributed by atoms with Crippen molar-refractivity contribution in [1.29, 1.82) is 0 Å². The minimum atomic E-state index is -0.885. The average Bonchev–Trinajstić information content (AvgIpc) is 2.81. The predicted octanol–water partition coefficient (Wildman–Crippen LogP) is 3.16. The molecule has 2 N–H and O–H groups in total. The van der Waals surface area contributed by atoms with Crippen LogP contribution in [0.3, 0.4) is 0 Å². The van der Waals surface area contributed by atoms with Crippen LogP contribution in [0, 0.1) is 5.92 Å². The lowest BCUT2D eigenvalue weighted by molar-refractivity contribution is -0.141. The second-order valence-electron chi connectivity index (χ2n) is 6.93. The molecule has 172 valence electrons. The van der Waals surface area contributed by atoms with E-state index in [4.69, 9.17) is 19.3 Å². The van der Waals surface area contributed by atoms with Crippen molar-refractivity contribution in [2.24, 2.45) is 5.92 Å². The molecule has 0 heterocycles. The number of thiol groups is 1. The monoisotopic (exact) mass is 461 g/mol. The van der Waals surface area contributed by atoms with Gasteiger partial charge in [0.2, 0.25) is 0 Å². The van der Waals surface area contributed by atoms with Crippen molar-refractivity contribution >= 4 is 30.6 Å². The Hall–Kier alpha value is -3.04. The molecule has 0 spiro atoms. The van der Waals surface area contributed by atoms with E-state index < -0.39 is 24.1 Å². The van der Waals surface area contributed by atoms with Gasteiger partial charge in [-0.05, 0) is 36.2 Å². The van der Waals surface area contributed by atoms with Gasteiger partial charge in [-0.3, -0.25) is 14.9 Å². The first kappa shape index (κ1) is 25.2. The summed E-state index contributed by atoms with van der Waals surface area (Å²) in [4.78, 5) is 36.0. The molecule has 9 heteroatoms. The number of rotatable bonds is 11. The lowest BCUT2D eigenvalue weighted by Crippen LogP contribution is -2.33. The van der Waals surface area contributed by atoms with Gasteiger partial charge < -0.3 is 19.3 Å². The summed E-state index contributed by atoms with van der Waals surface area (Å²) in [6.45, 7) is 2.05. The number of carbonyl (C=O) groups excluding carboxylic acids is 3. The molecule has 0 saturated carbocycles. The third kappa shape index (κ3) is 8.24. The molecule has 8 nitrogen and oxygen atoms in total. The molecule has 0 unspecified atom stereocenters. The van der Waals surface area contributed by atoms with Crippen LogP contribution in [0.1, 0.15) is 35.4 Å². The largest absolute Gasteiger partial charge is 0.491 e. The van der Waals surface area contributed by atoms with Crippen LogP contribution in [-0.4, -0.2) is 48.6 Å². The van der Waals surface area contributed by atoms with E-state index in [1.165, 1.54) is 0 Å². The Morgan fingerprint density at radius 3 is 2.34 bits per heavy atom. The quantitative estimate of drug-likeness (QED) is 0.348. The van der Waals surface area contributed by atoms with Gasteiger partial charge in [0.1, 0.15) is 18.5 Å². The smallest absolute Gasteiger partial charge is 0.414 e. The van der Waals surface area contributed by atoms with E-state index in [0.29, 0.717) is 23.3 Å². The molecule has 0 aliphatic heterocycles. The van der Waals surface area contributed by atoms with Gasteiger partial charge in [0.25, 0.3) is 5.91 Å². The fourth-order valence-corrected chi connectivity index (χ4v) is 2.98. The van der Waals surface area contributed by atoms with Gasteiger partial charge in [0.05, 0.1) is 19.0 Å². The number of alkyl carbamates (subject to hydrolysis) is 1. The van der Waals surface area contributed by atoms with Crippen molar-refractivity contribution in [3.63, 3.8) is 0 Å². The standard InChI is InChI=1S/C23H27NO7S/c1-16(11-13-30-20(26)15-32)21(17-7-9-19(10-8-17)29-14-12-25)31-23(28)24-22(27)18-5-3-2-4-6-18/h2-10,16,21,25,32H,11-15H2,1H3,(H,24,27,28)/t16-,21-/m0/s1. The van der Waals surface area contributed by atoms with Crippen LogP contribution < -0.4 is 10.1 Å². The highest BCUT2D eigenvalue weighted by molar-refractivity contribution is 7.81. The Bertz CT molecular complexity index is 874. The molecule has 32 heavy (non-hydrogen) atoms. The Labute approximate surface area is 192 Å². The van der Waals surface area contributed by atoms with Crippen molar-refractivity contribution in [2.45, 2.75) is 19.4 Å². The number of hydrogen-bond acceptors (Lipinski definition) is 8. The number of hydrogen-bond donors (Lipinski definition) is 3. The van der Waals surface area contributed by atoms with E-state index in [1.54, 1.807) is 54.6 Å². The second-order valence-corrected chi connectivity index (χ2v) is 7.25. The first-order valence-electron chi connectivity index (χ1n) is 10.1. The lowest BCUT2D eigenvalue weighted by atomic mass is 9.94. The number of imide groups is 1. The first-order valence-corrected chi connectivity index (χ1v) is 10.7. The summed E-state index contributed by atoms with van der Waals surface area (Å²) in [7, 11) is 0. The Balaban J connectivity index is 2.09. The number of aliphatic hydroxyl groups excluding tert-OH is 1. The molecule has 0 saturated heterocycles. The minimum Gasteiger partial charge on any atom is -0.491 e. The first-order chi connectivity index (χ1) is 15.4. The van der Waals surface area contributed by atoms with Crippen LogP contribution in [0.5, 0.6) is 5.75 Å². The van der Waals surface area contributed by atoms with Gasteiger partial charge in [-0.25, -0.2) is 4.79 Å². The van der Waals surface area contributed by atoms with Gasteiger partial charge in [0.15, 0.2) is 0 Å². The van der Waals surface area contributed by atoms with Crippen LogP contribution in [0.4, 0.5) is 4.79 Å². The number of carbonyl (C=O) groups is 3. The Morgan fingerprint density at radius 2 is 1.72 bits per heavy atom. The van der Waals surface area contributed by atoms with E-state index in [2.05, 4.69) is 17.9 Å². The maximum atomic E-state index is 12.4. The third-order valence-corrected chi connectivity index (χ3v) is 4.79. The molecule has 2 aromatic carbocycles. The zero-order chi connectivity index (χ0) is 23.3. The molecular formula is C23H27NO7S. The topological polar surface area (TPSA) is 111 Å². The van der Waals surface area contributed by atoms with Gasteiger partial charge in [-0.2, -0.15) is 12.6 Å². The molecule has 0 bridgehead atoms. The summed E-state index contributed by atoms with van der Waals surface area (Å²) >= 11 is 3.87. The summed E-state index contributed by atoms with van der Waals surface area (Å²) in [5, 5.41) is 11.1. The van der Waals surface area contributed by atoms with Gasteiger partial charge in [-0.1, -0.05) is 37.3 Å². The normalized spacial score (nSPS) is 12.3. The molecule has 2 aromatic rings. The predicted molar refractivity (Wildman–Crippen MR) is 121 cm³/mol. The van der Waals surface area contributed by atoms with Crippen LogP contribution in [0.25, 0.3) is 0 Å². The molecule has 0 fully saturated rings. The highest BCUT2D eigenvalue weighted by Crippen LogP contribution is 2.30. The number of benzene rings is 2. The number of nitrogens with one attached hydrogen (secondary N) is 1. The van der Waals surface area contributed by atoms with Crippen LogP contribution >= 0.6 is 12.6 Å². The van der Waals surface area contributed by atoms with Gasteiger partial charge in [0, 0.05) is 11.5 Å². The van der Waals surface area contributed by atoms with Crippen molar-refractivity contribution in [3.8, 4) is 5.75 Å². The lowest BCUT2D eigenvalue weighted by Gasteiger charge is -2.25. The maximum absolute atomic E-state index is 12.4.